The minimum absolute atomic E-state index is 0.0224. The lowest BCUT2D eigenvalue weighted by Crippen LogP contribution is -2.56. The van der Waals surface area contributed by atoms with E-state index in [2.05, 4.69) is 0 Å². The molecule has 0 bridgehead atoms. The van der Waals surface area contributed by atoms with Crippen LogP contribution in [0.4, 0.5) is 4.79 Å². The third kappa shape index (κ3) is 4.59. The predicted molar refractivity (Wildman–Crippen MR) is 84.9 cm³/mol. The second-order valence-corrected chi connectivity index (χ2v) is 7.70. The van der Waals surface area contributed by atoms with Crippen LogP contribution < -0.4 is 0 Å². The maximum atomic E-state index is 12.6. The average molecular weight is 327 g/mol. The number of esters is 1. The van der Waals surface area contributed by atoms with Gasteiger partial charge in [0, 0.05) is 12.1 Å². The topological polar surface area (TPSA) is 76.1 Å². The van der Waals surface area contributed by atoms with E-state index in [1.807, 2.05) is 25.7 Å². The van der Waals surface area contributed by atoms with Gasteiger partial charge in [-0.05, 0) is 59.3 Å². The van der Waals surface area contributed by atoms with E-state index in [9.17, 15) is 14.7 Å². The molecule has 6 heteroatoms. The van der Waals surface area contributed by atoms with Gasteiger partial charge in [-0.1, -0.05) is 0 Å². The van der Waals surface area contributed by atoms with Gasteiger partial charge in [-0.25, -0.2) is 4.79 Å². The van der Waals surface area contributed by atoms with Crippen molar-refractivity contribution in [3.63, 3.8) is 0 Å². The molecule has 6 nitrogen and oxygen atoms in total. The van der Waals surface area contributed by atoms with Crippen LogP contribution in [0.1, 0.15) is 59.3 Å². The largest absolute Gasteiger partial charge is 0.469 e. The van der Waals surface area contributed by atoms with Gasteiger partial charge in [-0.15, -0.1) is 0 Å². The minimum atomic E-state index is -0.547. The van der Waals surface area contributed by atoms with Gasteiger partial charge in [-0.2, -0.15) is 0 Å². The number of aliphatic hydroxyl groups is 1. The molecule has 2 fully saturated rings. The number of hydrogen-bond donors (Lipinski definition) is 1. The molecule has 2 saturated carbocycles. The molecular formula is C17H29NO5. The molecule has 2 rings (SSSR count). The molecule has 0 heterocycles. The number of methoxy groups -OCH3 is 1. The van der Waals surface area contributed by atoms with Gasteiger partial charge in [0.25, 0.3) is 0 Å². The minimum Gasteiger partial charge on any atom is -0.469 e. The van der Waals surface area contributed by atoms with Crippen molar-refractivity contribution in [3.8, 4) is 0 Å². The maximum absolute atomic E-state index is 12.6. The average Bonchev–Trinajstić information content (AvgIpc) is 2.40. The third-order valence-corrected chi connectivity index (χ3v) is 4.71. The first kappa shape index (κ1) is 18.0. The van der Waals surface area contributed by atoms with Crippen LogP contribution in [0.3, 0.4) is 0 Å². The molecule has 1 amide bonds. The van der Waals surface area contributed by atoms with Gasteiger partial charge in [0.05, 0.1) is 19.1 Å². The van der Waals surface area contributed by atoms with Crippen LogP contribution >= 0.6 is 0 Å². The lowest BCUT2D eigenvalue weighted by molar-refractivity contribution is -0.151. The van der Waals surface area contributed by atoms with Crippen LogP contribution in [0, 0.1) is 5.92 Å². The van der Waals surface area contributed by atoms with Crippen molar-refractivity contribution in [2.24, 2.45) is 5.92 Å². The summed E-state index contributed by atoms with van der Waals surface area (Å²) in [5.41, 5.74) is -0.547. The molecule has 0 aromatic rings. The number of nitrogens with zero attached hydrogens (tertiary/aromatic N) is 1. The van der Waals surface area contributed by atoms with E-state index in [1.165, 1.54) is 7.11 Å². The van der Waals surface area contributed by atoms with E-state index in [-0.39, 0.29) is 36.2 Å². The van der Waals surface area contributed by atoms with Crippen molar-refractivity contribution >= 4 is 12.1 Å². The van der Waals surface area contributed by atoms with E-state index in [0.717, 1.165) is 12.8 Å². The number of ether oxygens (including phenoxy) is 2. The van der Waals surface area contributed by atoms with Crippen LogP contribution in [-0.4, -0.2) is 53.0 Å². The highest BCUT2D eigenvalue weighted by Gasteiger charge is 2.44. The molecule has 23 heavy (non-hydrogen) atoms. The zero-order valence-electron chi connectivity index (χ0n) is 14.6. The lowest BCUT2D eigenvalue weighted by Gasteiger charge is -2.46. The van der Waals surface area contributed by atoms with Gasteiger partial charge in [0.1, 0.15) is 5.60 Å². The number of amides is 1. The lowest BCUT2D eigenvalue weighted by atomic mass is 9.78. The standard InChI is InChI=1S/C17H29NO5/c1-17(2,3)23-16(21)18(12-5-7-14(19)8-6-12)13-9-11(10-13)15(20)22-4/h11-14,19H,5-10H2,1-4H3/t11?,12-,13?,14-. The molecular weight excluding hydrogens is 298 g/mol. The Morgan fingerprint density at radius 1 is 1.04 bits per heavy atom. The Bertz CT molecular complexity index is 431. The molecule has 2 aliphatic rings. The Morgan fingerprint density at radius 3 is 2.09 bits per heavy atom. The van der Waals surface area contributed by atoms with E-state index in [4.69, 9.17) is 9.47 Å². The van der Waals surface area contributed by atoms with Crippen LogP contribution in [-0.2, 0) is 14.3 Å². The Labute approximate surface area is 138 Å². The summed E-state index contributed by atoms with van der Waals surface area (Å²) in [6.45, 7) is 5.56. The number of rotatable bonds is 3. The number of carbonyl (C=O) groups is 2. The first-order valence-electron chi connectivity index (χ1n) is 8.48. The fourth-order valence-electron chi connectivity index (χ4n) is 3.42. The SMILES string of the molecule is COC(=O)C1CC(N(C(=O)OC(C)(C)C)[C@H]2CC[C@H](O)CC2)C1. The van der Waals surface area contributed by atoms with Crippen LogP contribution in [0.5, 0.6) is 0 Å². The molecule has 132 valence electrons. The van der Waals surface area contributed by atoms with Gasteiger partial charge in [-0.3, -0.25) is 4.79 Å². The number of aliphatic hydroxyl groups excluding tert-OH is 1. The highest BCUT2D eigenvalue weighted by atomic mass is 16.6. The first-order chi connectivity index (χ1) is 10.7. The van der Waals surface area contributed by atoms with Crippen molar-refractivity contribution in [1.29, 1.82) is 0 Å². The van der Waals surface area contributed by atoms with E-state index < -0.39 is 5.60 Å². The first-order valence-corrected chi connectivity index (χ1v) is 8.48. The molecule has 0 aliphatic heterocycles. The van der Waals surface area contributed by atoms with Crippen molar-refractivity contribution in [3.05, 3.63) is 0 Å². The summed E-state index contributed by atoms with van der Waals surface area (Å²) in [6, 6.07) is 0.103. The Morgan fingerprint density at radius 2 is 1.61 bits per heavy atom. The van der Waals surface area contributed by atoms with E-state index in [1.54, 1.807) is 0 Å². The molecule has 0 saturated heterocycles. The second-order valence-electron chi connectivity index (χ2n) is 7.70. The zero-order chi connectivity index (χ0) is 17.2. The molecule has 1 N–H and O–H groups in total. The molecule has 0 aromatic heterocycles. The van der Waals surface area contributed by atoms with Crippen molar-refractivity contribution in [2.45, 2.75) is 83.1 Å². The summed E-state index contributed by atoms with van der Waals surface area (Å²) in [7, 11) is 1.39. The highest BCUT2D eigenvalue weighted by molar-refractivity contribution is 5.75. The van der Waals surface area contributed by atoms with E-state index >= 15 is 0 Å². The summed E-state index contributed by atoms with van der Waals surface area (Å²) in [5.74, 6) is -0.325. The molecule has 0 atom stereocenters. The maximum Gasteiger partial charge on any atom is 0.410 e. The van der Waals surface area contributed by atoms with Gasteiger partial charge >= 0.3 is 12.1 Å². The van der Waals surface area contributed by atoms with Gasteiger partial charge < -0.3 is 19.5 Å². The molecule has 0 aromatic carbocycles. The van der Waals surface area contributed by atoms with Crippen LogP contribution in [0.25, 0.3) is 0 Å². The fourth-order valence-corrected chi connectivity index (χ4v) is 3.42. The zero-order valence-corrected chi connectivity index (χ0v) is 14.6. The van der Waals surface area contributed by atoms with Gasteiger partial charge in [0.2, 0.25) is 0 Å². The predicted octanol–water partition coefficient (Wildman–Crippen LogP) is 2.48. The van der Waals surface area contributed by atoms with Crippen LogP contribution in [0.2, 0.25) is 0 Å². The van der Waals surface area contributed by atoms with Crippen molar-refractivity contribution in [2.75, 3.05) is 7.11 Å². The summed E-state index contributed by atoms with van der Waals surface area (Å²) in [5, 5.41) is 9.69. The third-order valence-electron chi connectivity index (χ3n) is 4.71. The Kier molecular flexibility index (Phi) is 5.55. The smallest absolute Gasteiger partial charge is 0.410 e. The molecule has 0 unspecified atom stereocenters. The summed E-state index contributed by atoms with van der Waals surface area (Å²) < 4.78 is 10.3. The Hall–Kier alpha value is -1.30. The van der Waals surface area contributed by atoms with Gasteiger partial charge in [0.15, 0.2) is 0 Å². The normalized spacial score (nSPS) is 31.0. The highest BCUT2D eigenvalue weighted by Crippen LogP contribution is 2.37. The molecule has 0 radical (unpaired) electrons. The number of hydrogen-bond acceptors (Lipinski definition) is 5. The molecule has 2 aliphatic carbocycles. The van der Waals surface area contributed by atoms with Crippen LogP contribution in [0.15, 0.2) is 0 Å². The summed E-state index contributed by atoms with van der Waals surface area (Å²) in [4.78, 5) is 26.1. The monoisotopic (exact) mass is 327 g/mol. The summed E-state index contributed by atoms with van der Waals surface area (Å²) in [6.07, 6.45) is 3.65. The van der Waals surface area contributed by atoms with Crippen molar-refractivity contribution < 1.29 is 24.2 Å². The quantitative estimate of drug-likeness (QED) is 0.806. The fraction of sp³-hybridized carbons (Fsp3) is 0.882. The summed E-state index contributed by atoms with van der Waals surface area (Å²) >= 11 is 0. The van der Waals surface area contributed by atoms with E-state index in [0.29, 0.717) is 25.7 Å². The van der Waals surface area contributed by atoms with Crippen molar-refractivity contribution in [1.82, 2.24) is 4.90 Å². The molecule has 0 spiro atoms. The number of carbonyl (C=O) groups excluding carboxylic acids is 2. The Balaban J connectivity index is 2.03. The second kappa shape index (κ2) is 7.07.